The highest BCUT2D eigenvalue weighted by Crippen LogP contribution is 1.81. The van der Waals surface area contributed by atoms with Crippen LogP contribution in [0.2, 0.25) is 0 Å². The van der Waals surface area contributed by atoms with Crippen LogP contribution in [0.3, 0.4) is 0 Å². The number of nitrogens with two attached hydrogens (primary N) is 1. The van der Waals surface area contributed by atoms with Crippen molar-refractivity contribution in [3.8, 4) is 0 Å². The molecule has 0 aliphatic heterocycles. The van der Waals surface area contributed by atoms with E-state index >= 15 is 0 Å². The Morgan fingerprint density at radius 1 is 1.56 bits per heavy atom. The molecule has 0 aromatic carbocycles. The first-order valence-corrected chi connectivity index (χ1v) is 2.92. The van der Waals surface area contributed by atoms with Crippen molar-refractivity contribution >= 4 is 12.1 Å². The van der Waals surface area contributed by atoms with Gasteiger partial charge in [0.1, 0.15) is 5.84 Å². The molecule has 52 valence electrons. The van der Waals surface area contributed by atoms with Gasteiger partial charge in [-0.1, -0.05) is 0 Å². The molecule has 0 aliphatic carbocycles. The first-order valence-electron chi connectivity index (χ1n) is 2.92. The Hall–Kier alpha value is -0.860. The molecular weight excluding hydrogens is 114 g/mol. The molecule has 0 fully saturated rings. The SMILES string of the molecule is C/N=C(N)\C=N/C(C)C. The van der Waals surface area contributed by atoms with Crippen molar-refractivity contribution in [3.63, 3.8) is 0 Å². The predicted octanol–water partition coefficient (Wildman–Crippen LogP) is 0.453. The van der Waals surface area contributed by atoms with Crippen LogP contribution in [0.5, 0.6) is 0 Å². The minimum atomic E-state index is 0.297. The molecule has 0 rings (SSSR count). The quantitative estimate of drug-likeness (QED) is 0.425. The largest absolute Gasteiger partial charge is 0.383 e. The lowest BCUT2D eigenvalue weighted by molar-refractivity contribution is 0.842. The highest BCUT2D eigenvalue weighted by atomic mass is 14.9. The van der Waals surface area contributed by atoms with E-state index in [9.17, 15) is 0 Å². The van der Waals surface area contributed by atoms with Gasteiger partial charge >= 0.3 is 0 Å². The molecule has 3 nitrogen and oxygen atoms in total. The van der Waals surface area contributed by atoms with Gasteiger partial charge in [0.15, 0.2) is 0 Å². The normalized spacial score (nSPS) is 13.6. The van der Waals surface area contributed by atoms with E-state index in [0.717, 1.165) is 0 Å². The maximum absolute atomic E-state index is 5.32. The van der Waals surface area contributed by atoms with Crippen LogP contribution in [0, 0.1) is 0 Å². The van der Waals surface area contributed by atoms with E-state index < -0.39 is 0 Å². The van der Waals surface area contributed by atoms with E-state index in [4.69, 9.17) is 5.73 Å². The number of amidine groups is 1. The van der Waals surface area contributed by atoms with Gasteiger partial charge in [-0.15, -0.1) is 0 Å². The second-order valence-corrected chi connectivity index (χ2v) is 2.02. The third kappa shape index (κ3) is 5.00. The van der Waals surface area contributed by atoms with Crippen molar-refractivity contribution in [3.05, 3.63) is 0 Å². The van der Waals surface area contributed by atoms with Crippen LogP contribution in [0.4, 0.5) is 0 Å². The molecule has 0 heterocycles. The van der Waals surface area contributed by atoms with E-state index in [1.165, 1.54) is 0 Å². The summed E-state index contributed by atoms with van der Waals surface area (Å²) in [6.07, 6.45) is 1.57. The first-order chi connectivity index (χ1) is 4.16. The van der Waals surface area contributed by atoms with Crippen LogP contribution < -0.4 is 5.73 Å². The van der Waals surface area contributed by atoms with Gasteiger partial charge in [-0.05, 0) is 13.8 Å². The van der Waals surface area contributed by atoms with Gasteiger partial charge in [0, 0.05) is 13.1 Å². The van der Waals surface area contributed by atoms with Crippen LogP contribution in [0.15, 0.2) is 9.98 Å². The maximum Gasteiger partial charge on any atom is 0.136 e. The fourth-order valence-corrected chi connectivity index (χ4v) is 0.283. The number of rotatable bonds is 2. The van der Waals surface area contributed by atoms with E-state index in [2.05, 4.69) is 9.98 Å². The van der Waals surface area contributed by atoms with Crippen LogP contribution in [-0.2, 0) is 0 Å². The summed E-state index contributed by atoms with van der Waals surface area (Å²) in [5.41, 5.74) is 5.32. The summed E-state index contributed by atoms with van der Waals surface area (Å²) in [5, 5.41) is 0. The summed E-state index contributed by atoms with van der Waals surface area (Å²) < 4.78 is 0. The third-order valence-electron chi connectivity index (χ3n) is 0.763. The molecule has 0 aromatic rings. The number of hydrogen-bond acceptors (Lipinski definition) is 2. The van der Waals surface area contributed by atoms with E-state index in [-0.39, 0.29) is 0 Å². The summed E-state index contributed by atoms with van der Waals surface area (Å²) in [5.74, 6) is 0.476. The van der Waals surface area contributed by atoms with Crippen molar-refractivity contribution in [2.75, 3.05) is 7.05 Å². The Morgan fingerprint density at radius 3 is 2.44 bits per heavy atom. The molecule has 0 radical (unpaired) electrons. The number of nitrogens with zero attached hydrogens (tertiary/aromatic N) is 2. The molecule has 0 aromatic heterocycles. The molecular formula is C6H13N3. The van der Waals surface area contributed by atoms with Crippen molar-refractivity contribution in [2.45, 2.75) is 19.9 Å². The average molecular weight is 127 g/mol. The lowest BCUT2D eigenvalue weighted by atomic mass is 10.4. The topological polar surface area (TPSA) is 50.7 Å². The lowest BCUT2D eigenvalue weighted by Gasteiger charge is -1.92. The van der Waals surface area contributed by atoms with Gasteiger partial charge in [0.2, 0.25) is 0 Å². The highest BCUT2D eigenvalue weighted by Gasteiger charge is 1.84. The van der Waals surface area contributed by atoms with E-state index in [1.807, 2.05) is 13.8 Å². The zero-order valence-corrected chi connectivity index (χ0v) is 6.13. The van der Waals surface area contributed by atoms with Crippen LogP contribution >= 0.6 is 0 Å². The number of aliphatic imine (C=N–C) groups is 2. The van der Waals surface area contributed by atoms with Gasteiger partial charge in [-0.25, -0.2) is 0 Å². The molecule has 0 unspecified atom stereocenters. The van der Waals surface area contributed by atoms with Crippen molar-refractivity contribution in [1.29, 1.82) is 0 Å². The minimum absolute atomic E-state index is 0.297. The standard InChI is InChI=1S/C6H13N3/c1-5(2)9-4-6(7)8-3/h4-5H,1-3H3,(H2,7,8)/b9-4-. The summed E-state index contributed by atoms with van der Waals surface area (Å²) in [6.45, 7) is 3.97. The van der Waals surface area contributed by atoms with Gasteiger partial charge < -0.3 is 5.73 Å². The third-order valence-corrected chi connectivity index (χ3v) is 0.763. The Balaban J connectivity index is 3.71. The molecule has 3 heteroatoms. The summed E-state index contributed by atoms with van der Waals surface area (Å²) in [7, 11) is 1.64. The summed E-state index contributed by atoms with van der Waals surface area (Å²) in [4.78, 5) is 7.72. The Kier molecular flexibility index (Phi) is 3.67. The van der Waals surface area contributed by atoms with E-state index in [0.29, 0.717) is 11.9 Å². The predicted molar refractivity (Wildman–Crippen MR) is 41.2 cm³/mol. The molecule has 9 heavy (non-hydrogen) atoms. The van der Waals surface area contributed by atoms with Crippen molar-refractivity contribution < 1.29 is 0 Å². The zero-order chi connectivity index (χ0) is 7.28. The van der Waals surface area contributed by atoms with Gasteiger partial charge in [-0.3, -0.25) is 9.98 Å². The fourth-order valence-electron chi connectivity index (χ4n) is 0.283. The molecule has 0 aliphatic rings. The molecule has 2 N–H and O–H groups in total. The molecule has 0 spiro atoms. The Labute approximate surface area is 55.7 Å². The van der Waals surface area contributed by atoms with Gasteiger partial charge in [0.05, 0.1) is 6.21 Å². The van der Waals surface area contributed by atoms with E-state index in [1.54, 1.807) is 13.3 Å². The smallest absolute Gasteiger partial charge is 0.136 e. The second-order valence-electron chi connectivity index (χ2n) is 2.02. The molecule has 0 bridgehead atoms. The summed E-state index contributed by atoms with van der Waals surface area (Å²) in [6, 6.07) is 0.297. The Morgan fingerprint density at radius 2 is 2.11 bits per heavy atom. The number of hydrogen-bond donors (Lipinski definition) is 1. The second kappa shape index (κ2) is 4.06. The molecule has 0 saturated heterocycles. The minimum Gasteiger partial charge on any atom is -0.383 e. The van der Waals surface area contributed by atoms with Crippen molar-refractivity contribution in [1.82, 2.24) is 0 Å². The van der Waals surface area contributed by atoms with Crippen molar-refractivity contribution in [2.24, 2.45) is 15.7 Å². The van der Waals surface area contributed by atoms with Crippen LogP contribution in [-0.4, -0.2) is 25.1 Å². The highest BCUT2D eigenvalue weighted by molar-refractivity contribution is 6.28. The maximum atomic E-state index is 5.32. The molecule has 0 saturated carbocycles. The van der Waals surface area contributed by atoms with Crippen LogP contribution in [0.25, 0.3) is 0 Å². The monoisotopic (exact) mass is 127 g/mol. The fraction of sp³-hybridized carbons (Fsp3) is 0.667. The zero-order valence-electron chi connectivity index (χ0n) is 6.13. The summed E-state index contributed by atoms with van der Waals surface area (Å²) >= 11 is 0. The molecule has 0 atom stereocenters. The average Bonchev–Trinajstić information content (AvgIpc) is 1.83. The Bertz CT molecular complexity index is 124. The van der Waals surface area contributed by atoms with Gasteiger partial charge in [0.25, 0.3) is 0 Å². The lowest BCUT2D eigenvalue weighted by Crippen LogP contribution is -2.13. The molecule has 0 amide bonds. The van der Waals surface area contributed by atoms with Crippen LogP contribution in [0.1, 0.15) is 13.8 Å². The first kappa shape index (κ1) is 8.14. The van der Waals surface area contributed by atoms with Gasteiger partial charge in [-0.2, -0.15) is 0 Å².